The molecule has 0 bridgehead atoms. The molecule has 3 heteroatoms. The summed E-state index contributed by atoms with van der Waals surface area (Å²) in [4.78, 5) is 14.8. The normalized spacial score (nSPS) is 14.5. The van der Waals surface area contributed by atoms with Gasteiger partial charge in [0, 0.05) is 25.2 Å². The zero-order valence-electron chi connectivity index (χ0n) is 11.6. The molecule has 1 heterocycles. The zero-order valence-corrected chi connectivity index (χ0v) is 11.6. The quantitative estimate of drug-likeness (QED) is 0.632. The van der Waals surface area contributed by atoms with Gasteiger partial charge in [0.1, 0.15) is 5.82 Å². The van der Waals surface area contributed by atoms with Gasteiger partial charge in [0.15, 0.2) is 5.78 Å². The maximum Gasteiger partial charge on any atom is 0.196 e. The number of nitrogens with zero attached hydrogens (tertiary/aromatic N) is 1. The number of carbonyl (C=O) groups is 1. The van der Waals surface area contributed by atoms with Gasteiger partial charge in [-0.1, -0.05) is 48.6 Å². The van der Waals surface area contributed by atoms with Gasteiger partial charge in [-0.3, -0.25) is 9.69 Å². The molecule has 0 N–H and O–H groups in total. The first-order chi connectivity index (χ1) is 10.3. The Hall–Kier alpha value is -2.26. The van der Waals surface area contributed by atoms with Crippen molar-refractivity contribution in [3.05, 3.63) is 83.2 Å². The lowest BCUT2D eigenvalue weighted by Gasteiger charge is -2.17. The number of ketones is 1. The number of rotatable bonds is 4. The lowest BCUT2D eigenvalue weighted by molar-refractivity contribution is 0.103. The van der Waals surface area contributed by atoms with E-state index in [0.717, 1.165) is 18.7 Å². The molecule has 0 aromatic heterocycles. The summed E-state index contributed by atoms with van der Waals surface area (Å²) in [5.41, 5.74) is 1.65. The molecule has 0 fully saturated rings. The first-order valence-corrected chi connectivity index (χ1v) is 7.00. The van der Waals surface area contributed by atoms with Crippen LogP contribution in [0.2, 0.25) is 0 Å². The fourth-order valence-corrected chi connectivity index (χ4v) is 2.56. The molecule has 0 aliphatic carbocycles. The van der Waals surface area contributed by atoms with Gasteiger partial charge in [0.2, 0.25) is 0 Å². The molecule has 0 saturated heterocycles. The van der Waals surface area contributed by atoms with E-state index < -0.39 is 5.82 Å². The molecule has 3 rings (SSSR count). The van der Waals surface area contributed by atoms with E-state index in [-0.39, 0.29) is 11.3 Å². The van der Waals surface area contributed by atoms with E-state index in [1.807, 2.05) is 18.2 Å². The Balaban J connectivity index is 1.91. The summed E-state index contributed by atoms with van der Waals surface area (Å²) >= 11 is 0. The van der Waals surface area contributed by atoms with Crippen molar-refractivity contribution in [2.75, 3.05) is 13.1 Å². The Bertz CT molecular complexity index is 685. The van der Waals surface area contributed by atoms with Crippen LogP contribution in [-0.2, 0) is 6.54 Å². The van der Waals surface area contributed by atoms with Gasteiger partial charge in [-0.15, -0.1) is 0 Å². The Morgan fingerprint density at radius 1 is 0.952 bits per heavy atom. The van der Waals surface area contributed by atoms with Crippen molar-refractivity contribution in [1.82, 2.24) is 4.90 Å². The van der Waals surface area contributed by atoms with Crippen LogP contribution in [0.3, 0.4) is 0 Å². The van der Waals surface area contributed by atoms with Crippen molar-refractivity contribution in [2.24, 2.45) is 0 Å². The van der Waals surface area contributed by atoms with Crippen molar-refractivity contribution in [2.45, 2.75) is 6.54 Å². The van der Waals surface area contributed by atoms with Crippen LogP contribution in [0.5, 0.6) is 0 Å². The Morgan fingerprint density at radius 2 is 1.57 bits per heavy atom. The summed E-state index contributed by atoms with van der Waals surface area (Å²) in [7, 11) is 0. The van der Waals surface area contributed by atoms with Crippen LogP contribution in [0, 0.1) is 5.82 Å². The summed E-state index contributed by atoms with van der Waals surface area (Å²) in [6, 6.07) is 13.6. The summed E-state index contributed by atoms with van der Waals surface area (Å²) in [6.45, 7) is 2.48. The number of benzene rings is 2. The molecule has 106 valence electrons. The van der Waals surface area contributed by atoms with Gasteiger partial charge in [-0.2, -0.15) is 0 Å². The highest BCUT2D eigenvalue weighted by molar-refractivity contribution is 6.10. The van der Waals surface area contributed by atoms with Crippen molar-refractivity contribution < 1.29 is 9.18 Å². The van der Waals surface area contributed by atoms with Crippen molar-refractivity contribution in [3.63, 3.8) is 0 Å². The van der Waals surface area contributed by atoms with Crippen molar-refractivity contribution in [1.29, 1.82) is 0 Å². The standard InChI is InChI=1S/C18H16FNO/c19-17-10-4-3-9-16(17)18(21)15-8-2-1-7-14(15)13-20-11-5-6-12-20/h1-10H,11-13H2. The third-order valence-corrected chi connectivity index (χ3v) is 3.67. The zero-order chi connectivity index (χ0) is 14.7. The van der Waals surface area contributed by atoms with Crippen LogP contribution in [0.1, 0.15) is 21.5 Å². The topological polar surface area (TPSA) is 20.3 Å². The van der Waals surface area contributed by atoms with Gasteiger partial charge in [0.05, 0.1) is 5.56 Å². The van der Waals surface area contributed by atoms with Crippen molar-refractivity contribution >= 4 is 5.78 Å². The van der Waals surface area contributed by atoms with Crippen LogP contribution in [0.4, 0.5) is 4.39 Å². The average molecular weight is 281 g/mol. The van der Waals surface area contributed by atoms with E-state index in [1.54, 1.807) is 18.2 Å². The maximum atomic E-state index is 13.8. The second-order valence-electron chi connectivity index (χ2n) is 5.13. The lowest BCUT2D eigenvalue weighted by Crippen LogP contribution is -2.21. The molecule has 0 amide bonds. The number of halogens is 1. The summed E-state index contributed by atoms with van der Waals surface area (Å²) < 4.78 is 13.8. The van der Waals surface area contributed by atoms with Crippen LogP contribution in [0.25, 0.3) is 0 Å². The average Bonchev–Trinajstić information content (AvgIpc) is 3.01. The Labute approximate surface area is 123 Å². The van der Waals surface area contributed by atoms with E-state index in [4.69, 9.17) is 0 Å². The van der Waals surface area contributed by atoms with E-state index in [2.05, 4.69) is 17.1 Å². The number of hydrogen-bond acceptors (Lipinski definition) is 2. The smallest absolute Gasteiger partial charge is 0.196 e. The third kappa shape index (κ3) is 2.93. The van der Waals surface area contributed by atoms with Gasteiger partial charge < -0.3 is 0 Å². The molecule has 2 aromatic carbocycles. The van der Waals surface area contributed by atoms with Gasteiger partial charge >= 0.3 is 0 Å². The van der Waals surface area contributed by atoms with Crippen LogP contribution in [0.15, 0.2) is 60.7 Å². The second kappa shape index (κ2) is 6.02. The molecule has 0 unspecified atom stereocenters. The van der Waals surface area contributed by atoms with E-state index >= 15 is 0 Å². The Kier molecular flexibility index (Phi) is 3.93. The van der Waals surface area contributed by atoms with E-state index in [9.17, 15) is 9.18 Å². The van der Waals surface area contributed by atoms with Crippen LogP contribution < -0.4 is 0 Å². The molecule has 0 radical (unpaired) electrons. The summed E-state index contributed by atoms with van der Waals surface area (Å²) in [5, 5.41) is 0. The van der Waals surface area contributed by atoms with E-state index in [1.165, 1.54) is 12.1 Å². The molecule has 21 heavy (non-hydrogen) atoms. The second-order valence-corrected chi connectivity index (χ2v) is 5.13. The fourth-order valence-electron chi connectivity index (χ4n) is 2.56. The largest absolute Gasteiger partial charge is 0.292 e. The molecule has 2 nitrogen and oxygen atoms in total. The molecular weight excluding hydrogens is 265 g/mol. The highest BCUT2D eigenvalue weighted by Gasteiger charge is 2.18. The number of carbonyl (C=O) groups excluding carboxylic acids is 1. The fraction of sp³-hybridized carbons (Fsp3) is 0.167. The predicted octanol–water partition coefficient (Wildman–Crippen LogP) is 3.43. The predicted molar refractivity (Wildman–Crippen MR) is 80.7 cm³/mol. The summed E-state index contributed by atoms with van der Waals surface area (Å²) in [5.74, 6) is -0.726. The number of hydrogen-bond donors (Lipinski definition) is 0. The summed E-state index contributed by atoms with van der Waals surface area (Å²) in [6.07, 6.45) is 4.22. The monoisotopic (exact) mass is 281 g/mol. The van der Waals surface area contributed by atoms with Crippen LogP contribution in [-0.4, -0.2) is 23.8 Å². The molecule has 0 atom stereocenters. The van der Waals surface area contributed by atoms with E-state index in [0.29, 0.717) is 12.1 Å². The molecule has 0 saturated carbocycles. The Morgan fingerprint density at radius 3 is 2.29 bits per heavy atom. The van der Waals surface area contributed by atoms with Crippen LogP contribution >= 0.6 is 0 Å². The van der Waals surface area contributed by atoms with Gasteiger partial charge in [0.25, 0.3) is 0 Å². The lowest BCUT2D eigenvalue weighted by atomic mass is 9.97. The van der Waals surface area contributed by atoms with Gasteiger partial charge in [-0.25, -0.2) is 4.39 Å². The van der Waals surface area contributed by atoms with Crippen molar-refractivity contribution in [3.8, 4) is 0 Å². The highest BCUT2D eigenvalue weighted by Crippen LogP contribution is 2.19. The first-order valence-electron chi connectivity index (χ1n) is 7.00. The molecule has 2 aromatic rings. The molecule has 0 spiro atoms. The first kappa shape index (κ1) is 13.7. The molecular formula is C18H16FNO. The third-order valence-electron chi connectivity index (χ3n) is 3.67. The van der Waals surface area contributed by atoms with Gasteiger partial charge in [-0.05, 0) is 17.7 Å². The minimum Gasteiger partial charge on any atom is -0.292 e. The maximum absolute atomic E-state index is 13.8. The minimum atomic E-state index is -0.472. The molecule has 1 aliphatic heterocycles. The minimum absolute atomic E-state index is 0.129. The molecule has 1 aliphatic rings. The SMILES string of the molecule is O=C(c1ccccc1F)c1ccccc1CN1CC=CC1. The highest BCUT2D eigenvalue weighted by atomic mass is 19.1.